The van der Waals surface area contributed by atoms with E-state index in [0.717, 1.165) is 24.1 Å². The second-order valence-corrected chi connectivity index (χ2v) is 3.70. The van der Waals surface area contributed by atoms with Crippen LogP contribution in [0.2, 0.25) is 0 Å². The predicted molar refractivity (Wildman–Crippen MR) is 44.4 cm³/mol. The highest BCUT2D eigenvalue weighted by atomic mass is 15.5. The summed E-state index contributed by atoms with van der Waals surface area (Å²) in [5, 5.41) is 14.0. The van der Waals surface area contributed by atoms with Crippen LogP contribution in [0, 0.1) is 11.8 Å². The number of rotatable bonds is 2. The van der Waals surface area contributed by atoms with Crippen LogP contribution in [0.1, 0.15) is 32.0 Å². The monoisotopic (exact) mass is 166 g/mol. The van der Waals surface area contributed by atoms with Gasteiger partial charge in [-0.3, -0.25) is 0 Å². The van der Waals surface area contributed by atoms with Crippen molar-refractivity contribution in [2.24, 2.45) is 11.8 Å². The largest absolute Gasteiger partial charge is 0.177 e. The number of tetrazole rings is 1. The molecule has 1 N–H and O–H groups in total. The van der Waals surface area contributed by atoms with Crippen molar-refractivity contribution in [1.29, 1.82) is 0 Å². The fourth-order valence-corrected chi connectivity index (χ4v) is 2.03. The molecule has 0 aliphatic heterocycles. The molecule has 0 unspecified atom stereocenters. The van der Waals surface area contributed by atoms with E-state index >= 15 is 0 Å². The van der Waals surface area contributed by atoms with E-state index < -0.39 is 0 Å². The standard InChI is InChI=1S/C8H14N4/c1-6-3-2-4-7(6)5-8-9-11-12-10-8/h6-7H,2-5H2,1H3,(H,9,10,11,12)/t6-,7-/m0/s1. The topological polar surface area (TPSA) is 54.5 Å². The molecule has 0 bridgehead atoms. The summed E-state index contributed by atoms with van der Waals surface area (Å²) >= 11 is 0. The van der Waals surface area contributed by atoms with Crippen LogP contribution in [0.4, 0.5) is 0 Å². The Labute approximate surface area is 71.8 Å². The molecule has 1 heterocycles. The summed E-state index contributed by atoms with van der Waals surface area (Å²) in [6.07, 6.45) is 5.06. The Morgan fingerprint density at radius 2 is 2.42 bits per heavy atom. The minimum absolute atomic E-state index is 0.780. The lowest BCUT2D eigenvalue weighted by Crippen LogP contribution is -2.08. The van der Waals surface area contributed by atoms with Gasteiger partial charge in [0, 0.05) is 6.42 Å². The summed E-state index contributed by atoms with van der Waals surface area (Å²) in [5.74, 6) is 2.49. The van der Waals surface area contributed by atoms with Crippen LogP contribution in [-0.4, -0.2) is 20.6 Å². The normalized spacial score (nSPS) is 29.4. The molecule has 66 valence electrons. The number of nitrogens with zero attached hydrogens (tertiary/aromatic N) is 3. The van der Waals surface area contributed by atoms with Crippen LogP contribution in [-0.2, 0) is 6.42 Å². The summed E-state index contributed by atoms with van der Waals surface area (Å²) in [5.41, 5.74) is 0. The molecule has 1 saturated carbocycles. The summed E-state index contributed by atoms with van der Waals surface area (Å²) in [7, 11) is 0. The van der Waals surface area contributed by atoms with Gasteiger partial charge in [0.2, 0.25) is 0 Å². The van der Waals surface area contributed by atoms with Crippen LogP contribution < -0.4 is 0 Å². The molecule has 1 aliphatic rings. The Morgan fingerprint density at radius 1 is 1.50 bits per heavy atom. The summed E-state index contributed by atoms with van der Waals surface area (Å²) < 4.78 is 0. The Balaban J connectivity index is 1.95. The van der Waals surface area contributed by atoms with E-state index in [1.54, 1.807) is 0 Å². The first-order valence-electron chi connectivity index (χ1n) is 4.58. The van der Waals surface area contributed by atoms with Gasteiger partial charge in [0.25, 0.3) is 0 Å². The molecule has 1 aromatic heterocycles. The molecule has 2 atom stereocenters. The van der Waals surface area contributed by atoms with Crippen molar-refractivity contribution >= 4 is 0 Å². The lowest BCUT2D eigenvalue weighted by atomic mass is 9.94. The van der Waals surface area contributed by atoms with E-state index in [2.05, 4.69) is 27.5 Å². The van der Waals surface area contributed by atoms with Gasteiger partial charge >= 0.3 is 0 Å². The third-order valence-electron chi connectivity index (χ3n) is 2.87. The molecule has 1 aromatic rings. The highest BCUT2D eigenvalue weighted by molar-refractivity contribution is 4.85. The molecular formula is C8H14N4. The third kappa shape index (κ3) is 1.47. The Kier molecular flexibility index (Phi) is 2.06. The molecule has 1 aliphatic carbocycles. The van der Waals surface area contributed by atoms with Gasteiger partial charge in [-0.1, -0.05) is 25.0 Å². The maximum Gasteiger partial charge on any atom is 0.174 e. The van der Waals surface area contributed by atoms with E-state index in [0.29, 0.717) is 0 Å². The van der Waals surface area contributed by atoms with Gasteiger partial charge in [0.1, 0.15) is 0 Å². The summed E-state index contributed by atoms with van der Waals surface area (Å²) in [4.78, 5) is 0. The van der Waals surface area contributed by atoms with E-state index in [1.165, 1.54) is 19.3 Å². The van der Waals surface area contributed by atoms with Crippen LogP contribution in [0.5, 0.6) is 0 Å². The Morgan fingerprint density at radius 3 is 3.00 bits per heavy atom. The molecule has 0 radical (unpaired) electrons. The van der Waals surface area contributed by atoms with Crippen LogP contribution in [0.25, 0.3) is 0 Å². The average Bonchev–Trinajstić information content (AvgIpc) is 2.65. The van der Waals surface area contributed by atoms with Gasteiger partial charge in [-0.2, -0.15) is 5.21 Å². The average molecular weight is 166 g/mol. The van der Waals surface area contributed by atoms with Gasteiger partial charge in [-0.25, -0.2) is 0 Å². The number of hydrogen-bond acceptors (Lipinski definition) is 3. The van der Waals surface area contributed by atoms with E-state index in [1.807, 2.05) is 0 Å². The molecule has 0 saturated heterocycles. The molecule has 0 aromatic carbocycles. The van der Waals surface area contributed by atoms with Crippen molar-refractivity contribution in [3.8, 4) is 0 Å². The van der Waals surface area contributed by atoms with Crippen molar-refractivity contribution in [2.75, 3.05) is 0 Å². The van der Waals surface area contributed by atoms with E-state index in [4.69, 9.17) is 0 Å². The molecule has 1 fully saturated rings. The second-order valence-electron chi connectivity index (χ2n) is 3.70. The van der Waals surface area contributed by atoms with Gasteiger partial charge < -0.3 is 0 Å². The lowest BCUT2D eigenvalue weighted by Gasteiger charge is -2.11. The Bertz CT molecular complexity index is 231. The lowest BCUT2D eigenvalue weighted by molar-refractivity contribution is 0.409. The van der Waals surface area contributed by atoms with Crippen molar-refractivity contribution in [3.63, 3.8) is 0 Å². The number of nitrogens with one attached hydrogen (secondary N) is 1. The number of aromatic nitrogens is 4. The minimum Gasteiger partial charge on any atom is -0.177 e. The fourth-order valence-electron chi connectivity index (χ4n) is 2.03. The van der Waals surface area contributed by atoms with Gasteiger partial charge in [0.05, 0.1) is 0 Å². The fraction of sp³-hybridized carbons (Fsp3) is 0.875. The number of H-pyrrole nitrogens is 1. The minimum atomic E-state index is 0.780. The van der Waals surface area contributed by atoms with Crippen molar-refractivity contribution in [2.45, 2.75) is 32.6 Å². The number of aromatic amines is 1. The third-order valence-corrected chi connectivity index (χ3v) is 2.87. The first-order valence-corrected chi connectivity index (χ1v) is 4.58. The van der Waals surface area contributed by atoms with Gasteiger partial charge in [0.15, 0.2) is 5.82 Å². The van der Waals surface area contributed by atoms with Crippen LogP contribution in [0.15, 0.2) is 0 Å². The zero-order chi connectivity index (χ0) is 8.39. The van der Waals surface area contributed by atoms with Crippen LogP contribution in [0.3, 0.4) is 0 Å². The summed E-state index contributed by atoms with van der Waals surface area (Å²) in [6.45, 7) is 2.32. The quantitative estimate of drug-likeness (QED) is 0.717. The summed E-state index contributed by atoms with van der Waals surface area (Å²) in [6, 6.07) is 0. The van der Waals surface area contributed by atoms with Gasteiger partial charge in [-0.15, -0.1) is 10.2 Å². The van der Waals surface area contributed by atoms with Crippen molar-refractivity contribution in [1.82, 2.24) is 20.6 Å². The smallest absolute Gasteiger partial charge is 0.174 e. The molecule has 4 heteroatoms. The van der Waals surface area contributed by atoms with E-state index in [9.17, 15) is 0 Å². The van der Waals surface area contributed by atoms with Crippen LogP contribution >= 0.6 is 0 Å². The first-order chi connectivity index (χ1) is 5.86. The molecule has 0 amide bonds. The Hall–Kier alpha value is -0.930. The molecule has 12 heavy (non-hydrogen) atoms. The molecule has 4 nitrogen and oxygen atoms in total. The maximum absolute atomic E-state index is 3.97. The predicted octanol–water partition coefficient (Wildman–Crippen LogP) is 1.18. The molecular weight excluding hydrogens is 152 g/mol. The SMILES string of the molecule is C[C@H]1CCC[C@H]1Cc1nn[nH]n1. The zero-order valence-corrected chi connectivity index (χ0v) is 7.32. The van der Waals surface area contributed by atoms with Crippen molar-refractivity contribution < 1.29 is 0 Å². The molecule has 2 rings (SSSR count). The molecule has 0 spiro atoms. The second kappa shape index (κ2) is 3.21. The first kappa shape index (κ1) is 7.71. The van der Waals surface area contributed by atoms with Crippen molar-refractivity contribution in [3.05, 3.63) is 5.82 Å². The van der Waals surface area contributed by atoms with Gasteiger partial charge in [-0.05, 0) is 18.3 Å². The van der Waals surface area contributed by atoms with E-state index in [-0.39, 0.29) is 0 Å². The highest BCUT2D eigenvalue weighted by Gasteiger charge is 2.24. The highest BCUT2D eigenvalue weighted by Crippen LogP contribution is 2.32. The maximum atomic E-state index is 3.97. The zero-order valence-electron chi connectivity index (χ0n) is 7.32. The number of hydrogen-bond donors (Lipinski definition) is 1.